The summed E-state index contributed by atoms with van der Waals surface area (Å²) in [6.07, 6.45) is -1.72. The molecule has 2 saturated heterocycles. The minimum absolute atomic E-state index is 0.133. The van der Waals surface area contributed by atoms with Crippen molar-refractivity contribution in [2.24, 2.45) is 0 Å². The van der Waals surface area contributed by atoms with E-state index in [-0.39, 0.29) is 41.7 Å². The summed E-state index contributed by atoms with van der Waals surface area (Å²) in [5.41, 5.74) is 0.0834. The number of nitrogens with one attached hydrogen (secondary N) is 2. The lowest BCUT2D eigenvalue weighted by molar-refractivity contribution is -0.127. The summed E-state index contributed by atoms with van der Waals surface area (Å²) in [7, 11) is 0. The largest absolute Gasteiger partial charge is 0.372 e. The van der Waals surface area contributed by atoms with Crippen LogP contribution in [0.3, 0.4) is 0 Å². The number of benzene rings is 1. The van der Waals surface area contributed by atoms with Crippen LogP contribution in [0.25, 0.3) is 0 Å². The molecule has 8 nitrogen and oxygen atoms in total. The van der Waals surface area contributed by atoms with Gasteiger partial charge in [0, 0.05) is 23.8 Å². The van der Waals surface area contributed by atoms with Crippen LogP contribution in [0, 0.1) is 6.92 Å². The Kier molecular flexibility index (Phi) is 7.36. The summed E-state index contributed by atoms with van der Waals surface area (Å²) in [4.78, 5) is 21.5. The number of halogens is 3. The van der Waals surface area contributed by atoms with Crippen LogP contribution in [0.5, 0.6) is 0 Å². The number of amides is 1. The number of nitrogens with zero attached hydrogens (tertiary/aromatic N) is 2. The van der Waals surface area contributed by atoms with Gasteiger partial charge >= 0.3 is 0 Å². The molecule has 3 atom stereocenters. The summed E-state index contributed by atoms with van der Waals surface area (Å²) in [5.74, 6) is -3.46. The summed E-state index contributed by atoms with van der Waals surface area (Å²) >= 11 is 0. The maximum atomic E-state index is 15.6. The zero-order valence-electron chi connectivity index (χ0n) is 21.7. The number of hydrogen-bond donors (Lipinski definition) is 2. The van der Waals surface area contributed by atoms with Crippen LogP contribution in [0.2, 0.25) is 0 Å². The highest BCUT2D eigenvalue weighted by molar-refractivity contribution is 5.83. The van der Waals surface area contributed by atoms with E-state index < -0.39 is 42.0 Å². The summed E-state index contributed by atoms with van der Waals surface area (Å²) in [5, 5.41) is 5.94. The van der Waals surface area contributed by atoms with Crippen LogP contribution in [0.4, 0.5) is 19.0 Å². The average Bonchev–Trinajstić information content (AvgIpc) is 3.31. The zero-order valence-corrected chi connectivity index (χ0v) is 21.7. The van der Waals surface area contributed by atoms with Crippen molar-refractivity contribution < 1.29 is 32.2 Å². The summed E-state index contributed by atoms with van der Waals surface area (Å²) in [6, 6.07) is 5.63. The molecule has 1 amide bonds. The van der Waals surface area contributed by atoms with Gasteiger partial charge in [-0.1, -0.05) is 18.2 Å². The third kappa shape index (κ3) is 5.50. The average molecular weight is 535 g/mol. The van der Waals surface area contributed by atoms with Crippen molar-refractivity contribution in [1.82, 2.24) is 15.3 Å². The number of carbonyl (C=O) groups is 1. The number of carbonyl (C=O) groups excluding carboxylic acids is 1. The lowest BCUT2D eigenvalue weighted by atomic mass is 9.97. The summed E-state index contributed by atoms with van der Waals surface area (Å²) < 4.78 is 62.4. The van der Waals surface area contributed by atoms with E-state index in [0.717, 1.165) is 12.8 Å². The maximum absolute atomic E-state index is 15.6. The van der Waals surface area contributed by atoms with Crippen molar-refractivity contribution >= 4 is 11.7 Å². The quantitative estimate of drug-likeness (QED) is 0.470. The van der Waals surface area contributed by atoms with Crippen LogP contribution < -0.4 is 10.6 Å². The molecule has 0 spiro atoms. The van der Waals surface area contributed by atoms with Crippen molar-refractivity contribution in [3.8, 4) is 0 Å². The molecule has 1 aromatic heterocycles. The first-order chi connectivity index (χ1) is 18.1. The molecule has 2 aliphatic heterocycles. The van der Waals surface area contributed by atoms with E-state index in [2.05, 4.69) is 20.6 Å². The van der Waals surface area contributed by atoms with Crippen LogP contribution in [0.1, 0.15) is 86.2 Å². The minimum atomic E-state index is -3.13. The van der Waals surface area contributed by atoms with Gasteiger partial charge in [0.2, 0.25) is 6.17 Å². The van der Waals surface area contributed by atoms with Gasteiger partial charge in [-0.15, -0.1) is 0 Å². The van der Waals surface area contributed by atoms with Gasteiger partial charge in [0.05, 0.1) is 24.5 Å². The molecule has 206 valence electrons. The molecule has 3 fully saturated rings. The van der Waals surface area contributed by atoms with Gasteiger partial charge in [0.25, 0.3) is 11.8 Å². The third-order valence-electron chi connectivity index (χ3n) is 7.30. The molecule has 38 heavy (non-hydrogen) atoms. The first-order valence-electron chi connectivity index (χ1n) is 13.0. The fourth-order valence-corrected chi connectivity index (χ4v) is 4.81. The fraction of sp³-hybridized carbons (Fsp3) is 0.593. The normalized spacial score (nSPS) is 22.7. The molecular weight excluding hydrogens is 501 g/mol. The van der Waals surface area contributed by atoms with E-state index in [1.54, 1.807) is 26.0 Å². The number of hydrogen-bond acceptors (Lipinski definition) is 7. The predicted molar refractivity (Wildman–Crippen MR) is 132 cm³/mol. The number of alkyl halides is 3. The fourth-order valence-electron chi connectivity index (χ4n) is 4.81. The summed E-state index contributed by atoms with van der Waals surface area (Å²) in [6.45, 7) is 6.14. The Hall–Kier alpha value is -2.76. The van der Waals surface area contributed by atoms with Gasteiger partial charge in [-0.25, -0.2) is 14.4 Å². The Morgan fingerprint density at radius 2 is 1.89 bits per heavy atom. The first-order valence-corrected chi connectivity index (χ1v) is 13.0. The topological polar surface area (TPSA) is 94.6 Å². The van der Waals surface area contributed by atoms with Gasteiger partial charge in [0.1, 0.15) is 17.7 Å². The number of rotatable bonds is 9. The molecule has 1 aromatic carbocycles. The Balaban J connectivity index is 1.44. The Bertz CT molecular complexity index is 1180. The van der Waals surface area contributed by atoms with Gasteiger partial charge in [-0.05, 0) is 58.1 Å². The highest BCUT2D eigenvalue weighted by Crippen LogP contribution is 2.41. The zero-order chi connectivity index (χ0) is 27.1. The van der Waals surface area contributed by atoms with E-state index in [1.165, 1.54) is 12.1 Å². The molecule has 3 aliphatic rings. The van der Waals surface area contributed by atoms with E-state index in [1.807, 2.05) is 6.92 Å². The Labute approximate surface area is 219 Å². The molecule has 0 radical (unpaired) electrons. The van der Waals surface area contributed by atoms with E-state index >= 15 is 13.2 Å². The van der Waals surface area contributed by atoms with Crippen LogP contribution in [-0.2, 0) is 24.9 Å². The van der Waals surface area contributed by atoms with Crippen LogP contribution in [-0.4, -0.2) is 47.3 Å². The number of ether oxygens (including phenoxy) is 3. The predicted octanol–water partition coefficient (Wildman–Crippen LogP) is 4.95. The monoisotopic (exact) mass is 534 g/mol. The number of aryl methyl sites for hydroxylation is 1. The molecule has 0 bridgehead atoms. The van der Waals surface area contributed by atoms with Gasteiger partial charge in [0.15, 0.2) is 6.29 Å². The van der Waals surface area contributed by atoms with Gasteiger partial charge in [-0.2, -0.15) is 8.78 Å². The molecule has 1 aliphatic carbocycles. The van der Waals surface area contributed by atoms with Crippen molar-refractivity contribution in [2.75, 3.05) is 25.1 Å². The minimum Gasteiger partial charge on any atom is -0.372 e. The van der Waals surface area contributed by atoms with Gasteiger partial charge < -0.3 is 24.8 Å². The molecule has 11 heteroatoms. The SMILES string of the molecule is Cc1nc(N[C@H](C)c2cccc(C(F)(F)C3CCCO3)c2)c(C2OCCO2)c(C(F)C(=O)NC2(C)CC2)n1. The van der Waals surface area contributed by atoms with E-state index in [9.17, 15) is 4.79 Å². The number of anilines is 1. The highest BCUT2D eigenvalue weighted by Gasteiger charge is 2.44. The lowest BCUT2D eigenvalue weighted by Crippen LogP contribution is -2.37. The molecule has 2 aromatic rings. The lowest BCUT2D eigenvalue weighted by Gasteiger charge is -2.25. The second-order valence-electron chi connectivity index (χ2n) is 10.5. The van der Waals surface area contributed by atoms with Crippen molar-refractivity contribution in [1.29, 1.82) is 0 Å². The molecule has 1 saturated carbocycles. The molecule has 3 heterocycles. The second-order valence-corrected chi connectivity index (χ2v) is 10.5. The second kappa shape index (κ2) is 10.4. The molecule has 5 rings (SSSR count). The Morgan fingerprint density at radius 3 is 2.55 bits per heavy atom. The van der Waals surface area contributed by atoms with Crippen molar-refractivity contribution in [2.45, 2.75) is 82.5 Å². The Morgan fingerprint density at radius 1 is 1.16 bits per heavy atom. The third-order valence-corrected chi connectivity index (χ3v) is 7.30. The molecule has 2 N–H and O–H groups in total. The van der Waals surface area contributed by atoms with E-state index in [4.69, 9.17) is 14.2 Å². The van der Waals surface area contributed by atoms with Crippen LogP contribution >= 0.6 is 0 Å². The highest BCUT2D eigenvalue weighted by atomic mass is 19.3. The van der Waals surface area contributed by atoms with Crippen molar-refractivity contribution in [3.05, 3.63) is 52.5 Å². The van der Waals surface area contributed by atoms with E-state index in [0.29, 0.717) is 25.0 Å². The standard InChI is InChI=1S/C27H33F3N4O4/c1-15(17-6-4-7-18(14-17)27(29,30)19-8-5-11-36-19)31-23-20(25-37-12-13-38-25)22(32-16(2)33-23)21(28)24(35)34-26(3)9-10-26/h4,6-7,14-15,19,21,25H,5,8-13H2,1-3H3,(H,34,35)(H,31,32,33)/t15-,19?,21?/m1/s1. The van der Waals surface area contributed by atoms with Crippen molar-refractivity contribution in [3.63, 3.8) is 0 Å². The maximum Gasteiger partial charge on any atom is 0.298 e. The van der Waals surface area contributed by atoms with Gasteiger partial charge in [-0.3, -0.25) is 4.79 Å². The smallest absolute Gasteiger partial charge is 0.298 e. The molecule has 2 unspecified atom stereocenters. The molecular formula is C27H33F3N4O4. The number of aromatic nitrogens is 2. The van der Waals surface area contributed by atoms with Crippen LogP contribution in [0.15, 0.2) is 24.3 Å². The first kappa shape index (κ1) is 26.8.